The van der Waals surface area contributed by atoms with Crippen LogP contribution >= 0.6 is 11.6 Å². The van der Waals surface area contributed by atoms with Crippen molar-refractivity contribution in [1.82, 2.24) is 19.9 Å². The number of carbonyl (C=O) groups excluding carboxylic acids is 2. The first kappa shape index (κ1) is 35.5. The highest BCUT2D eigenvalue weighted by atomic mass is 35.5. The van der Waals surface area contributed by atoms with Gasteiger partial charge in [0.05, 0.1) is 28.5 Å². The number of piperidine rings is 1. The molecule has 2 aromatic rings. The van der Waals surface area contributed by atoms with Crippen molar-refractivity contribution in [3.8, 4) is 5.75 Å². The largest absolute Gasteiger partial charge is 0.482 e. The molecule has 2 aliphatic rings. The number of likely N-dealkylation sites (tertiary alicyclic amines) is 1. The Morgan fingerprint density at radius 2 is 1.61 bits per heavy atom. The summed E-state index contributed by atoms with van der Waals surface area (Å²) in [7, 11) is -3.11. The smallest absolute Gasteiger partial charge is 0.412 e. The second kappa shape index (κ2) is 13.8. The van der Waals surface area contributed by atoms with Crippen LogP contribution in [0.15, 0.2) is 12.4 Å². The number of hydrogen-bond acceptors (Lipinski definition) is 11. The zero-order chi connectivity index (χ0) is 34.0. The predicted octanol–water partition coefficient (Wildman–Crippen LogP) is 5.67. The summed E-state index contributed by atoms with van der Waals surface area (Å²) in [6.07, 6.45) is 0.971. The molecule has 1 atom stereocenters. The third-order valence-corrected chi connectivity index (χ3v) is 9.43. The Morgan fingerprint density at radius 1 is 1.00 bits per heavy atom. The van der Waals surface area contributed by atoms with Gasteiger partial charge in [0.25, 0.3) is 0 Å². The molecule has 2 aromatic heterocycles. The van der Waals surface area contributed by atoms with Gasteiger partial charge < -0.3 is 24.0 Å². The van der Waals surface area contributed by atoms with E-state index in [1.54, 1.807) is 45.6 Å². The van der Waals surface area contributed by atoms with Gasteiger partial charge in [-0.15, -0.1) is 0 Å². The van der Waals surface area contributed by atoms with E-state index in [-0.39, 0.29) is 41.8 Å². The van der Waals surface area contributed by atoms with Crippen molar-refractivity contribution in [2.45, 2.75) is 91.5 Å². The fourth-order valence-corrected chi connectivity index (χ4v) is 6.84. The molecule has 2 saturated heterocycles. The standard InChI is InChI=1S/C31H45ClN6O7S/c1-19-25(43-20(2)24-26(32)33-18-34-27(24)37-13-15-46(41,42)16-14-37)23(36-28(39)44-30(3,4)5)17-22(35-19)21-9-11-38(12-10-21)29(40)45-31(6,7)8/h17-18,20-21H,9-16H2,1-8H3,(H,35,36,39). The molecule has 4 heterocycles. The Morgan fingerprint density at radius 3 is 2.20 bits per heavy atom. The Bertz CT molecular complexity index is 1540. The molecule has 2 amide bonds. The third-order valence-electron chi connectivity index (χ3n) is 7.52. The summed E-state index contributed by atoms with van der Waals surface area (Å²) in [5, 5.41) is 3.02. The molecular formula is C31H45ClN6O7S. The summed E-state index contributed by atoms with van der Waals surface area (Å²) in [5.41, 5.74) is 0.838. The van der Waals surface area contributed by atoms with Crippen LogP contribution in [0.1, 0.15) is 90.3 Å². The number of anilines is 2. The maximum atomic E-state index is 13.0. The number of amides is 2. The lowest BCUT2D eigenvalue weighted by Gasteiger charge is -2.33. The van der Waals surface area contributed by atoms with E-state index in [0.717, 1.165) is 5.69 Å². The van der Waals surface area contributed by atoms with Gasteiger partial charge in [0.15, 0.2) is 15.6 Å². The number of ether oxygens (including phenoxy) is 3. The quantitative estimate of drug-likeness (QED) is 0.376. The fourth-order valence-electron chi connectivity index (χ4n) is 5.36. The van der Waals surface area contributed by atoms with E-state index in [9.17, 15) is 18.0 Å². The lowest BCUT2D eigenvalue weighted by molar-refractivity contribution is 0.0203. The molecule has 2 fully saturated rings. The number of aromatic nitrogens is 3. The Kier molecular flexibility index (Phi) is 10.6. The lowest BCUT2D eigenvalue weighted by Crippen LogP contribution is -2.41. The van der Waals surface area contributed by atoms with Crippen LogP contribution in [0.3, 0.4) is 0 Å². The molecule has 254 valence electrons. The van der Waals surface area contributed by atoms with Gasteiger partial charge in [-0.2, -0.15) is 0 Å². The molecule has 13 nitrogen and oxygen atoms in total. The zero-order valence-electron chi connectivity index (χ0n) is 27.8. The second-order valence-electron chi connectivity index (χ2n) is 13.7. The maximum Gasteiger partial charge on any atom is 0.412 e. The SMILES string of the molecule is Cc1nc(C2CCN(C(=O)OC(C)(C)C)CC2)cc(NC(=O)OC(C)(C)C)c1OC(C)c1c(Cl)ncnc1N1CCS(=O)(=O)CC1. The number of aryl methyl sites for hydroxylation is 1. The highest BCUT2D eigenvalue weighted by Gasteiger charge is 2.31. The van der Waals surface area contributed by atoms with Crippen molar-refractivity contribution in [1.29, 1.82) is 0 Å². The molecule has 0 spiro atoms. The number of rotatable bonds is 6. The van der Waals surface area contributed by atoms with Crippen LogP contribution < -0.4 is 15.0 Å². The van der Waals surface area contributed by atoms with Crippen LogP contribution in [0.4, 0.5) is 21.1 Å². The summed E-state index contributed by atoms with van der Waals surface area (Å²) < 4.78 is 41.7. The molecule has 1 unspecified atom stereocenters. The van der Waals surface area contributed by atoms with E-state index in [0.29, 0.717) is 54.4 Å². The first-order chi connectivity index (χ1) is 21.3. The van der Waals surface area contributed by atoms with Crippen LogP contribution in [0.5, 0.6) is 5.75 Å². The topological polar surface area (TPSA) is 153 Å². The fraction of sp³-hybridized carbons (Fsp3) is 0.645. The van der Waals surface area contributed by atoms with Gasteiger partial charge in [-0.3, -0.25) is 10.3 Å². The first-order valence-corrected chi connectivity index (χ1v) is 17.6. The molecule has 46 heavy (non-hydrogen) atoms. The van der Waals surface area contributed by atoms with Crippen molar-refractivity contribution in [2.75, 3.05) is 47.9 Å². The number of nitrogens with one attached hydrogen (secondary N) is 1. The van der Waals surface area contributed by atoms with Gasteiger partial charge in [-0.25, -0.2) is 28.0 Å². The number of hydrogen-bond donors (Lipinski definition) is 1. The van der Waals surface area contributed by atoms with Crippen LogP contribution in [0.25, 0.3) is 0 Å². The minimum Gasteiger partial charge on any atom is -0.482 e. The molecule has 0 bridgehead atoms. The molecular weight excluding hydrogens is 636 g/mol. The van der Waals surface area contributed by atoms with E-state index in [4.69, 9.17) is 30.8 Å². The van der Waals surface area contributed by atoms with E-state index < -0.39 is 33.2 Å². The summed E-state index contributed by atoms with van der Waals surface area (Å²) in [6, 6.07) is 1.78. The van der Waals surface area contributed by atoms with Gasteiger partial charge in [0.1, 0.15) is 34.6 Å². The van der Waals surface area contributed by atoms with Crippen LogP contribution in [-0.2, 0) is 19.3 Å². The van der Waals surface area contributed by atoms with Gasteiger partial charge >= 0.3 is 12.2 Å². The summed E-state index contributed by atoms with van der Waals surface area (Å²) in [5.74, 6) is 0.855. The molecule has 0 radical (unpaired) electrons. The predicted molar refractivity (Wildman–Crippen MR) is 176 cm³/mol. The van der Waals surface area contributed by atoms with Crippen molar-refractivity contribution < 1.29 is 32.2 Å². The van der Waals surface area contributed by atoms with Crippen LogP contribution in [-0.4, -0.2) is 89.3 Å². The third kappa shape index (κ3) is 9.34. The molecule has 2 aliphatic heterocycles. The van der Waals surface area contributed by atoms with Gasteiger partial charge in [-0.1, -0.05) is 11.6 Å². The Balaban J connectivity index is 1.62. The van der Waals surface area contributed by atoms with Gasteiger partial charge in [0.2, 0.25) is 0 Å². The number of carbonyl (C=O) groups is 2. The molecule has 0 saturated carbocycles. The Hall–Kier alpha value is -3.39. The maximum absolute atomic E-state index is 13.0. The minimum absolute atomic E-state index is 0.00838. The van der Waals surface area contributed by atoms with Crippen molar-refractivity contribution in [2.24, 2.45) is 0 Å². The molecule has 15 heteroatoms. The molecule has 1 N–H and O–H groups in total. The Labute approximate surface area is 276 Å². The first-order valence-electron chi connectivity index (χ1n) is 15.4. The lowest BCUT2D eigenvalue weighted by atomic mass is 9.92. The van der Waals surface area contributed by atoms with E-state index >= 15 is 0 Å². The average molecular weight is 681 g/mol. The van der Waals surface area contributed by atoms with E-state index in [2.05, 4.69) is 15.3 Å². The summed E-state index contributed by atoms with van der Waals surface area (Å²) in [4.78, 5) is 42.6. The number of pyridine rings is 1. The summed E-state index contributed by atoms with van der Waals surface area (Å²) in [6.45, 7) is 16.0. The average Bonchev–Trinajstić information content (AvgIpc) is 2.92. The van der Waals surface area contributed by atoms with Crippen molar-refractivity contribution >= 4 is 45.1 Å². The minimum atomic E-state index is -3.11. The number of halogens is 1. The zero-order valence-corrected chi connectivity index (χ0v) is 29.4. The van der Waals surface area contributed by atoms with Crippen molar-refractivity contribution in [3.63, 3.8) is 0 Å². The highest BCUT2D eigenvalue weighted by molar-refractivity contribution is 7.91. The van der Waals surface area contributed by atoms with Crippen molar-refractivity contribution in [3.05, 3.63) is 34.5 Å². The van der Waals surface area contributed by atoms with Gasteiger partial charge in [-0.05, 0) is 74.3 Å². The normalized spacial score (nSPS) is 18.1. The van der Waals surface area contributed by atoms with E-state index in [1.807, 2.05) is 25.7 Å². The van der Waals surface area contributed by atoms with Crippen LogP contribution in [0.2, 0.25) is 5.15 Å². The monoisotopic (exact) mass is 680 g/mol. The number of nitrogens with zero attached hydrogens (tertiary/aromatic N) is 5. The number of sulfone groups is 1. The highest BCUT2D eigenvalue weighted by Crippen LogP contribution is 2.39. The summed E-state index contributed by atoms with van der Waals surface area (Å²) >= 11 is 6.58. The second-order valence-corrected chi connectivity index (χ2v) is 16.3. The molecule has 0 aromatic carbocycles. The van der Waals surface area contributed by atoms with Gasteiger partial charge in [0, 0.05) is 37.8 Å². The van der Waals surface area contributed by atoms with E-state index in [1.165, 1.54) is 6.33 Å². The molecule has 0 aliphatic carbocycles. The molecule has 4 rings (SSSR count). The van der Waals surface area contributed by atoms with Crippen LogP contribution in [0, 0.1) is 6.92 Å².